The minimum Gasteiger partial charge on any atom is -0.465 e. The van der Waals surface area contributed by atoms with E-state index in [1.165, 1.54) is 35.0 Å². The molecule has 0 saturated carbocycles. The molecule has 0 unspecified atom stereocenters. The van der Waals surface area contributed by atoms with Crippen molar-refractivity contribution in [1.82, 2.24) is 9.55 Å². The number of benzene rings is 1. The summed E-state index contributed by atoms with van der Waals surface area (Å²) in [6, 6.07) is 6.76. The van der Waals surface area contributed by atoms with Crippen molar-refractivity contribution < 1.29 is 32.5 Å². The van der Waals surface area contributed by atoms with E-state index in [1.54, 1.807) is 6.92 Å². The van der Waals surface area contributed by atoms with Gasteiger partial charge in [0.2, 0.25) is 0 Å². The van der Waals surface area contributed by atoms with Crippen molar-refractivity contribution in [1.29, 1.82) is 0 Å². The lowest BCUT2D eigenvalue weighted by Crippen LogP contribution is -2.22. The van der Waals surface area contributed by atoms with Crippen molar-refractivity contribution in [2.45, 2.75) is 45.5 Å². The number of fused-ring (bicyclic) bond motifs is 1. The van der Waals surface area contributed by atoms with Crippen LogP contribution in [0.15, 0.2) is 36.7 Å². The van der Waals surface area contributed by atoms with Gasteiger partial charge in [-0.2, -0.15) is 13.2 Å². The maximum atomic E-state index is 13.9. The van der Waals surface area contributed by atoms with E-state index in [0.29, 0.717) is 23.6 Å². The number of halogens is 3. The van der Waals surface area contributed by atoms with Gasteiger partial charge in [0, 0.05) is 32.8 Å². The molecule has 33 heavy (non-hydrogen) atoms. The van der Waals surface area contributed by atoms with Crippen LogP contribution in [0.4, 0.5) is 23.7 Å². The van der Waals surface area contributed by atoms with Crippen molar-refractivity contribution in [2.24, 2.45) is 0 Å². The molecule has 3 aromatic rings. The molecule has 11 heteroatoms. The third-order valence-electron chi connectivity index (χ3n) is 4.90. The molecule has 0 radical (unpaired) electrons. The van der Waals surface area contributed by atoms with Gasteiger partial charge < -0.3 is 19.1 Å². The van der Waals surface area contributed by atoms with Crippen LogP contribution in [-0.4, -0.2) is 35.4 Å². The van der Waals surface area contributed by atoms with Gasteiger partial charge in [-0.05, 0) is 42.8 Å². The predicted molar refractivity (Wildman–Crippen MR) is 122 cm³/mol. The van der Waals surface area contributed by atoms with Gasteiger partial charge in [-0.3, -0.25) is 5.32 Å². The van der Waals surface area contributed by atoms with Crippen LogP contribution in [0.5, 0.6) is 11.5 Å². The molecule has 2 N–H and O–H groups in total. The van der Waals surface area contributed by atoms with Gasteiger partial charge in [0.15, 0.2) is 0 Å². The Morgan fingerprint density at radius 3 is 2.55 bits per heavy atom. The Kier molecular flexibility index (Phi) is 7.03. The van der Waals surface area contributed by atoms with Gasteiger partial charge in [-0.1, -0.05) is 19.6 Å². The number of carbonyl (C=O) groups is 1. The number of amides is 1. The van der Waals surface area contributed by atoms with E-state index in [0.717, 1.165) is 12.2 Å². The number of nitrogens with zero attached hydrogens (tertiary/aromatic N) is 2. The SMILES string of the molecule is Cc1cc(NC(=O)O)ccc1Oc1ccnc2c1c(C(F)(F)F)cn2COCC[Si](C)(C)C. The van der Waals surface area contributed by atoms with Crippen molar-refractivity contribution in [2.75, 3.05) is 11.9 Å². The van der Waals surface area contributed by atoms with E-state index in [1.807, 2.05) is 0 Å². The second-order valence-electron chi connectivity index (χ2n) is 8.88. The van der Waals surface area contributed by atoms with Crippen LogP contribution < -0.4 is 10.1 Å². The zero-order valence-corrected chi connectivity index (χ0v) is 19.8. The topological polar surface area (TPSA) is 85.6 Å². The summed E-state index contributed by atoms with van der Waals surface area (Å²) < 4.78 is 54.4. The number of ether oxygens (including phenoxy) is 2. The Bertz CT molecular complexity index is 1160. The monoisotopic (exact) mass is 481 g/mol. The second kappa shape index (κ2) is 9.44. The first kappa shape index (κ1) is 24.6. The maximum Gasteiger partial charge on any atom is 0.418 e. The number of rotatable bonds is 8. The molecule has 2 aromatic heterocycles. The number of carboxylic acid groups (broad SMARTS) is 1. The molecule has 3 rings (SSSR count). The molecule has 0 spiro atoms. The maximum absolute atomic E-state index is 13.9. The van der Waals surface area contributed by atoms with Crippen molar-refractivity contribution >= 4 is 30.9 Å². The van der Waals surface area contributed by atoms with E-state index >= 15 is 0 Å². The highest BCUT2D eigenvalue weighted by molar-refractivity contribution is 6.76. The zero-order valence-electron chi connectivity index (χ0n) is 18.8. The predicted octanol–water partition coefficient (Wildman–Crippen LogP) is 6.56. The van der Waals surface area contributed by atoms with E-state index in [4.69, 9.17) is 14.6 Å². The quantitative estimate of drug-likeness (QED) is 0.281. The fourth-order valence-corrected chi connectivity index (χ4v) is 3.97. The Morgan fingerprint density at radius 2 is 1.94 bits per heavy atom. The molecular weight excluding hydrogens is 455 g/mol. The molecule has 1 aromatic carbocycles. The Labute approximate surface area is 190 Å². The summed E-state index contributed by atoms with van der Waals surface area (Å²) in [5.74, 6) is 0.293. The first-order valence-electron chi connectivity index (χ1n) is 10.3. The third kappa shape index (κ3) is 6.26. The number of alkyl halides is 3. The molecule has 0 saturated heterocycles. The smallest absolute Gasteiger partial charge is 0.418 e. The van der Waals surface area contributed by atoms with Gasteiger partial charge in [0.1, 0.15) is 23.9 Å². The molecule has 0 fully saturated rings. The minimum atomic E-state index is -4.62. The highest BCUT2D eigenvalue weighted by atomic mass is 28.3. The average Bonchev–Trinajstić information content (AvgIpc) is 3.06. The van der Waals surface area contributed by atoms with Gasteiger partial charge in [-0.15, -0.1) is 0 Å². The molecule has 0 aliphatic heterocycles. The largest absolute Gasteiger partial charge is 0.465 e. The summed E-state index contributed by atoms with van der Waals surface area (Å²) in [6.07, 6.45) is -3.47. The van der Waals surface area contributed by atoms with Crippen molar-refractivity contribution in [3.05, 3.63) is 47.8 Å². The van der Waals surface area contributed by atoms with Crippen LogP contribution in [0.3, 0.4) is 0 Å². The highest BCUT2D eigenvalue weighted by Gasteiger charge is 2.36. The number of pyridine rings is 1. The van der Waals surface area contributed by atoms with Crippen LogP contribution in [0.1, 0.15) is 11.1 Å². The summed E-state index contributed by atoms with van der Waals surface area (Å²) in [5.41, 5.74) is 0.115. The first-order chi connectivity index (χ1) is 15.3. The molecule has 1 amide bonds. The minimum absolute atomic E-state index is 0.00443. The fourth-order valence-electron chi connectivity index (χ4n) is 3.21. The van der Waals surface area contributed by atoms with Crippen molar-refractivity contribution in [3.8, 4) is 11.5 Å². The van der Waals surface area contributed by atoms with Crippen LogP contribution in [0.25, 0.3) is 11.0 Å². The van der Waals surface area contributed by atoms with Gasteiger partial charge in [0.25, 0.3) is 0 Å². The fraction of sp³-hybridized carbons (Fsp3) is 0.364. The highest BCUT2D eigenvalue weighted by Crippen LogP contribution is 2.41. The summed E-state index contributed by atoms with van der Waals surface area (Å²) in [7, 11) is -1.33. The molecule has 7 nitrogen and oxygen atoms in total. The van der Waals surface area contributed by atoms with Gasteiger partial charge in [0.05, 0.1) is 10.9 Å². The standard InChI is InChI=1S/C22H26F3N3O4Si/c1-14-11-15(27-21(29)30)5-6-17(14)32-18-7-8-26-20-19(18)16(22(23,24)25)12-28(20)13-31-9-10-33(2,3)4/h5-8,11-12,27H,9-10,13H2,1-4H3,(H,29,30). The Morgan fingerprint density at radius 1 is 1.21 bits per heavy atom. The lowest BCUT2D eigenvalue weighted by atomic mass is 10.2. The lowest BCUT2D eigenvalue weighted by molar-refractivity contribution is -0.136. The average molecular weight is 482 g/mol. The molecular formula is C22H26F3N3O4Si. The van der Waals surface area contributed by atoms with Crippen molar-refractivity contribution in [3.63, 3.8) is 0 Å². The van der Waals surface area contributed by atoms with E-state index < -0.39 is 25.9 Å². The number of hydrogen-bond acceptors (Lipinski definition) is 4. The molecule has 2 heterocycles. The summed E-state index contributed by atoms with van der Waals surface area (Å²) in [6.45, 7) is 8.66. The zero-order chi connectivity index (χ0) is 24.4. The van der Waals surface area contributed by atoms with E-state index in [9.17, 15) is 18.0 Å². The normalized spacial score (nSPS) is 12.2. The van der Waals surface area contributed by atoms with Crippen LogP contribution in [0, 0.1) is 6.92 Å². The number of nitrogens with one attached hydrogen (secondary N) is 1. The van der Waals surface area contributed by atoms with E-state index in [-0.39, 0.29) is 23.5 Å². The first-order valence-corrected chi connectivity index (χ1v) is 14.0. The van der Waals surface area contributed by atoms with Crippen LogP contribution in [-0.2, 0) is 17.6 Å². The number of hydrogen-bond donors (Lipinski definition) is 2. The lowest BCUT2D eigenvalue weighted by Gasteiger charge is -2.15. The van der Waals surface area contributed by atoms with Gasteiger partial charge in [-0.25, -0.2) is 9.78 Å². The number of aromatic nitrogens is 2. The summed E-state index contributed by atoms with van der Waals surface area (Å²) in [4.78, 5) is 15.0. The second-order valence-corrected chi connectivity index (χ2v) is 14.5. The van der Waals surface area contributed by atoms with Gasteiger partial charge >= 0.3 is 12.3 Å². The molecule has 0 atom stereocenters. The number of anilines is 1. The van der Waals surface area contributed by atoms with Crippen LogP contribution >= 0.6 is 0 Å². The summed E-state index contributed by atoms with van der Waals surface area (Å²) in [5, 5.41) is 10.9. The third-order valence-corrected chi connectivity index (χ3v) is 6.60. The number of aryl methyl sites for hydroxylation is 1. The molecule has 0 bridgehead atoms. The Balaban J connectivity index is 1.95. The molecule has 0 aliphatic carbocycles. The molecule has 178 valence electrons. The Hall–Kier alpha value is -3.05. The summed E-state index contributed by atoms with van der Waals surface area (Å²) >= 11 is 0. The van der Waals surface area contributed by atoms with Crippen LogP contribution in [0.2, 0.25) is 25.7 Å². The molecule has 0 aliphatic rings. The van der Waals surface area contributed by atoms with E-state index in [2.05, 4.69) is 29.9 Å².